The monoisotopic (exact) mass is 336 g/mol. The minimum Gasteiger partial charge on any atom is -0.361 e. The van der Waals surface area contributed by atoms with Crippen molar-refractivity contribution in [3.05, 3.63) is 17.7 Å². The third kappa shape index (κ3) is 4.72. The van der Waals surface area contributed by atoms with Crippen LogP contribution in [-0.2, 0) is 4.79 Å². The fourth-order valence-corrected chi connectivity index (χ4v) is 2.46. The first-order valence-corrected chi connectivity index (χ1v) is 7.98. The summed E-state index contributed by atoms with van der Waals surface area (Å²) in [6.07, 6.45) is 6.09. The number of nitrogens with one attached hydrogen (secondary N) is 2. The third-order valence-corrected chi connectivity index (χ3v) is 3.70. The lowest BCUT2D eigenvalue weighted by molar-refractivity contribution is -0.119. The van der Waals surface area contributed by atoms with Gasteiger partial charge in [0.05, 0.1) is 5.54 Å². The molecule has 0 saturated carbocycles. The molecule has 2 aromatic rings. The van der Waals surface area contributed by atoms with E-state index in [0.717, 1.165) is 19.3 Å². The van der Waals surface area contributed by atoms with E-state index >= 15 is 0 Å². The van der Waals surface area contributed by atoms with E-state index in [1.807, 2.05) is 6.92 Å². The summed E-state index contributed by atoms with van der Waals surface area (Å²) in [5.74, 6) is 0.456. The second kappa shape index (κ2) is 7.50. The highest BCUT2D eigenvalue weighted by Gasteiger charge is 2.26. The van der Waals surface area contributed by atoms with Gasteiger partial charge < -0.3 is 10.6 Å². The van der Waals surface area contributed by atoms with Gasteiger partial charge in [0.2, 0.25) is 11.2 Å². The van der Waals surface area contributed by atoms with Crippen molar-refractivity contribution >= 4 is 34.5 Å². The molecule has 0 aliphatic rings. The van der Waals surface area contributed by atoms with Crippen LogP contribution in [0.2, 0.25) is 5.28 Å². The van der Waals surface area contributed by atoms with Crippen LogP contribution < -0.4 is 10.6 Å². The van der Waals surface area contributed by atoms with Crippen molar-refractivity contribution in [1.82, 2.24) is 25.3 Å². The van der Waals surface area contributed by atoms with Crippen molar-refractivity contribution in [3.63, 3.8) is 0 Å². The fourth-order valence-electron chi connectivity index (χ4n) is 2.29. The number of fused-ring (bicyclic) bond motifs is 1. The Kier molecular flexibility index (Phi) is 5.65. The molecule has 0 aliphatic carbocycles. The second-order valence-corrected chi connectivity index (χ2v) is 6.11. The SMILES string of the molecule is CCCCC(C)(CNC(C)=O)Nc1nc(Cl)nc2nccnc12. The minimum absolute atomic E-state index is 0.0695. The van der Waals surface area contributed by atoms with Crippen LogP contribution in [0.25, 0.3) is 11.2 Å². The van der Waals surface area contributed by atoms with Crippen molar-refractivity contribution in [1.29, 1.82) is 0 Å². The highest BCUT2D eigenvalue weighted by Crippen LogP contribution is 2.24. The van der Waals surface area contributed by atoms with Gasteiger partial charge in [-0.05, 0) is 24.9 Å². The maximum absolute atomic E-state index is 11.3. The summed E-state index contributed by atoms with van der Waals surface area (Å²) < 4.78 is 0. The summed E-state index contributed by atoms with van der Waals surface area (Å²) in [5.41, 5.74) is 0.624. The molecule has 8 heteroatoms. The molecule has 7 nitrogen and oxygen atoms in total. The predicted octanol–water partition coefficient (Wildman–Crippen LogP) is 2.57. The molecular weight excluding hydrogens is 316 g/mol. The van der Waals surface area contributed by atoms with Gasteiger partial charge in [-0.2, -0.15) is 9.97 Å². The number of aromatic nitrogens is 4. The predicted molar refractivity (Wildman–Crippen MR) is 90.4 cm³/mol. The van der Waals surface area contributed by atoms with Gasteiger partial charge in [-0.1, -0.05) is 19.8 Å². The standard InChI is InChI=1S/C15H21ClN6O/c1-4-5-6-15(3,9-19-10(2)23)22-13-11-12(18-8-7-17-11)20-14(16)21-13/h7-8H,4-6,9H2,1-3H3,(H,19,23)(H,18,20,21,22). The molecule has 1 amide bonds. The Labute approximate surface area is 140 Å². The van der Waals surface area contributed by atoms with Crippen LogP contribution in [-0.4, -0.2) is 37.9 Å². The maximum atomic E-state index is 11.3. The van der Waals surface area contributed by atoms with E-state index in [1.54, 1.807) is 12.4 Å². The molecule has 0 fully saturated rings. The van der Waals surface area contributed by atoms with Gasteiger partial charge in [-0.15, -0.1) is 0 Å². The lowest BCUT2D eigenvalue weighted by Crippen LogP contribution is -2.46. The van der Waals surface area contributed by atoms with Crippen molar-refractivity contribution in [3.8, 4) is 0 Å². The summed E-state index contributed by atoms with van der Waals surface area (Å²) in [6, 6.07) is 0. The molecule has 0 spiro atoms. The van der Waals surface area contributed by atoms with Crippen LogP contribution in [0.1, 0.15) is 40.0 Å². The number of anilines is 1. The van der Waals surface area contributed by atoms with Gasteiger partial charge in [0, 0.05) is 25.9 Å². The minimum atomic E-state index is -0.371. The first-order chi connectivity index (χ1) is 10.9. The van der Waals surface area contributed by atoms with Gasteiger partial charge >= 0.3 is 0 Å². The molecule has 0 aliphatic heterocycles. The zero-order valence-corrected chi connectivity index (χ0v) is 14.3. The second-order valence-electron chi connectivity index (χ2n) is 5.77. The van der Waals surface area contributed by atoms with Gasteiger partial charge in [0.15, 0.2) is 17.0 Å². The van der Waals surface area contributed by atoms with E-state index in [0.29, 0.717) is 23.5 Å². The number of rotatable bonds is 7. The molecule has 2 aromatic heterocycles. The summed E-state index contributed by atoms with van der Waals surface area (Å²) >= 11 is 5.98. The molecule has 0 bridgehead atoms. The van der Waals surface area contributed by atoms with Crippen LogP contribution in [0.15, 0.2) is 12.4 Å². The number of amides is 1. The third-order valence-electron chi connectivity index (χ3n) is 3.54. The van der Waals surface area contributed by atoms with Crippen molar-refractivity contribution in [2.75, 3.05) is 11.9 Å². The lowest BCUT2D eigenvalue weighted by Gasteiger charge is -2.31. The molecule has 1 atom stereocenters. The largest absolute Gasteiger partial charge is 0.361 e. The van der Waals surface area contributed by atoms with E-state index in [-0.39, 0.29) is 16.7 Å². The molecule has 0 radical (unpaired) electrons. The quantitative estimate of drug-likeness (QED) is 0.755. The zero-order chi connectivity index (χ0) is 16.9. The number of hydrogen-bond acceptors (Lipinski definition) is 6. The van der Waals surface area contributed by atoms with E-state index in [2.05, 4.69) is 37.5 Å². The van der Waals surface area contributed by atoms with E-state index in [1.165, 1.54) is 6.92 Å². The van der Waals surface area contributed by atoms with E-state index in [4.69, 9.17) is 11.6 Å². The lowest BCUT2D eigenvalue weighted by atomic mass is 9.94. The Morgan fingerprint density at radius 1 is 1.30 bits per heavy atom. The fraction of sp³-hybridized carbons (Fsp3) is 0.533. The van der Waals surface area contributed by atoms with Crippen LogP contribution in [0.4, 0.5) is 5.82 Å². The molecule has 2 rings (SSSR count). The Balaban J connectivity index is 2.33. The Hall–Kier alpha value is -2.02. The molecule has 124 valence electrons. The molecule has 1 unspecified atom stereocenters. The Morgan fingerprint density at radius 3 is 2.74 bits per heavy atom. The van der Waals surface area contributed by atoms with Gasteiger partial charge in [-0.3, -0.25) is 4.79 Å². The average molecular weight is 337 g/mol. The topological polar surface area (TPSA) is 92.7 Å². The maximum Gasteiger partial charge on any atom is 0.226 e. The molecule has 0 aromatic carbocycles. The molecule has 2 heterocycles. The first kappa shape index (κ1) is 17.3. The number of unbranched alkanes of at least 4 members (excludes halogenated alkanes) is 1. The van der Waals surface area contributed by atoms with E-state index < -0.39 is 0 Å². The first-order valence-electron chi connectivity index (χ1n) is 7.60. The molecular formula is C15H21ClN6O. The zero-order valence-electron chi connectivity index (χ0n) is 13.6. The number of nitrogens with zero attached hydrogens (tertiary/aromatic N) is 4. The van der Waals surface area contributed by atoms with Gasteiger partial charge in [0.1, 0.15) is 0 Å². The number of halogens is 1. The van der Waals surface area contributed by atoms with Crippen molar-refractivity contribution in [2.45, 2.75) is 45.6 Å². The Bertz CT molecular complexity index is 695. The highest BCUT2D eigenvalue weighted by molar-refractivity contribution is 6.28. The number of carbonyl (C=O) groups is 1. The van der Waals surface area contributed by atoms with Crippen LogP contribution >= 0.6 is 11.6 Å². The van der Waals surface area contributed by atoms with Crippen LogP contribution in [0.3, 0.4) is 0 Å². The van der Waals surface area contributed by atoms with Crippen molar-refractivity contribution in [2.24, 2.45) is 0 Å². The normalized spacial score (nSPS) is 13.6. The van der Waals surface area contributed by atoms with Crippen LogP contribution in [0.5, 0.6) is 0 Å². The molecule has 2 N–H and O–H groups in total. The van der Waals surface area contributed by atoms with E-state index in [9.17, 15) is 4.79 Å². The highest BCUT2D eigenvalue weighted by atomic mass is 35.5. The van der Waals surface area contributed by atoms with Crippen molar-refractivity contribution < 1.29 is 4.79 Å². The molecule has 23 heavy (non-hydrogen) atoms. The summed E-state index contributed by atoms with van der Waals surface area (Å²) in [6.45, 7) is 6.15. The van der Waals surface area contributed by atoms with Crippen LogP contribution in [0, 0.1) is 0 Å². The summed E-state index contributed by atoms with van der Waals surface area (Å²) in [7, 11) is 0. The summed E-state index contributed by atoms with van der Waals surface area (Å²) in [5, 5.41) is 6.35. The Morgan fingerprint density at radius 2 is 2.04 bits per heavy atom. The number of carbonyl (C=O) groups excluding carboxylic acids is 1. The smallest absolute Gasteiger partial charge is 0.226 e. The van der Waals surface area contributed by atoms with Gasteiger partial charge in [-0.25, -0.2) is 9.97 Å². The summed E-state index contributed by atoms with van der Waals surface area (Å²) in [4.78, 5) is 28.0. The molecule has 0 saturated heterocycles. The van der Waals surface area contributed by atoms with Gasteiger partial charge in [0.25, 0.3) is 0 Å². The average Bonchev–Trinajstić information content (AvgIpc) is 2.51. The number of hydrogen-bond donors (Lipinski definition) is 2.